The first-order valence-corrected chi connectivity index (χ1v) is 9.24. The summed E-state index contributed by atoms with van der Waals surface area (Å²) in [5.74, 6) is 0. The van der Waals surface area contributed by atoms with E-state index < -0.39 is 35.2 Å². The van der Waals surface area contributed by atoms with Gasteiger partial charge in [-0.15, -0.1) is 16.4 Å². The maximum atomic E-state index is 13.6. The van der Waals surface area contributed by atoms with Crippen LogP contribution in [-0.4, -0.2) is 34.1 Å². The van der Waals surface area contributed by atoms with Gasteiger partial charge in [-0.2, -0.15) is 13.2 Å². The maximum Gasteiger partial charge on any atom is 0.425 e. The first-order chi connectivity index (χ1) is 12.7. The van der Waals surface area contributed by atoms with Gasteiger partial charge in [-0.25, -0.2) is 8.78 Å². The van der Waals surface area contributed by atoms with Gasteiger partial charge < -0.3 is 10.1 Å². The van der Waals surface area contributed by atoms with Gasteiger partial charge in [0.25, 0.3) is 6.43 Å². The van der Waals surface area contributed by atoms with Crippen molar-refractivity contribution in [2.45, 2.75) is 49.5 Å². The van der Waals surface area contributed by atoms with Crippen molar-refractivity contribution in [2.24, 2.45) is 7.05 Å². The normalized spacial score (nSPS) is 28.7. The minimum Gasteiger partial charge on any atom is -0.369 e. The fourth-order valence-corrected chi connectivity index (χ4v) is 5.13. The highest BCUT2D eigenvalue weighted by Gasteiger charge is 2.50. The number of alkyl halides is 5. The molecule has 0 saturated carbocycles. The second kappa shape index (κ2) is 6.49. The lowest BCUT2D eigenvalue weighted by Gasteiger charge is -2.46. The Hall–Kier alpha value is -1.59. The summed E-state index contributed by atoms with van der Waals surface area (Å²) < 4.78 is 74.1. The van der Waals surface area contributed by atoms with E-state index in [0.29, 0.717) is 33.9 Å². The molecule has 148 valence electrons. The summed E-state index contributed by atoms with van der Waals surface area (Å²) in [5, 5.41) is 10.7. The number of aryl methyl sites for hydroxylation is 1. The Morgan fingerprint density at radius 3 is 2.78 bits per heavy atom. The average molecular weight is 408 g/mol. The number of ether oxygens (including phenoxy) is 1. The van der Waals surface area contributed by atoms with E-state index in [1.54, 1.807) is 13.2 Å². The van der Waals surface area contributed by atoms with Gasteiger partial charge in [0.05, 0.1) is 24.4 Å². The molecule has 1 fully saturated rings. The highest BCUT2D eigenvalue weighted by Crippen LogP contribution is 2.51. The van der Waals surface area contributed by atoms with E-state index in [2.05, 4.69) is 15.6 Å². The highest BCUT2D eigenvalue weighted by molar-refractivity contribution is 7.12. The summed E-state index contributed by atoms with van der Waals surface area (Å²) in [5.41, 5.74) is -0.187. The smallest absolute Gasteiger partial charge is 0.369 e. The van der Waals surface area contributed by atoms with Crippen LogP contribution in [-0.2, 0) is 30.0 Å². The molecule has 11 heteroatoms. The van der Waals surface area contributed by atoms with Gasteiger partial charge in [0.2, 0.25) is 0 Å². The van der Waals surface area contributed by atoms with Crippen LogP contribution in [0.4, 0.5) is 22.0 Å². The van der Waals surface area contributed by atoms with E-state index in [9.17, 15) is 22.0 Å². The molecule has 1 saturated heterocycles. The molecular weight excluding hydrogens is 391 g/mol. The molecule has 0 bridgehead atoms. The fraction of sp³-hybridized carbons (Fsp3) is 0.625. The van der Waals surface area contributed by atoms with Crippen LogP contribution in [0.2, 0.25) is 0 Å². The molecular formula is C16H17F5N4OS. The Labute approximate surface area is 155 Å². The van der Waals surface area contributed by atoms with Crippen molar-refractivity contribution in [2.75, 3.05) is 6.61 Å². The molecule has 0 radical (unpaired) electrons. The number of hydrogen-bond donors (Lipinski definition) is 1. The van der Waals surface area contributed by atoms with Gasteiger partial charge in [0.15, 0.2) is 0 Å². The molecule has 4 heterocycles. The SMILES string of the molecule is Cn1cc(C2CC3(CC(C(F)F)N2)OCCc2cc(C(F)(F)F)sc23)nn1. The van der Waals surface area contributed by atoms with Crippen LogP contribution in [0, 0.1) is 0 Å². The van der Waals surface area contributed by atoms with Crippen molar-refractivity contribution in [3.63, 3.8) is 0 Å². The Balaban J connectivity index is 1.76. The monoisotopic (exact) mass is 408 g/mol. The molecule has 1 N–H and O–H groups in total. The second-order valence-electron chi connectivity index (χ2n) is 6.94. The lowest BCUT2D eigenvalue weighted by molar-refractivity contribution is -0.134. The first-order valence-electron chi connectivity index (χ1n) is 8.43. The molecule has 3 atom stereocenters. The summed E-state index contributed by atoms with van der Waals surface area (Å²) in [4.78, 5) is -0.317. The van der Waals surface area contributed by atoms with E-state index in [-0.39, 0.29) is 19.4 Å². The molecule has 3 unspecified atom stereocenters. The van der Waals surface area contributed by atoms with Crippen molar-refractivity contribution < 1.29 is 26.7 Å². The third-order valence-corrected chi connectivity index (χ3v) is 6.44. The molecule has 4 rings (SSSR count). The third kappa shape index (κ3) is 3.36. The van der Waals surface area contributed by atoms with Gasteiger partial charge in [-0.05, 0) is 18.1 Å². The predicted octanol–water partition coefficient (Wildman–Crippen LogP) is 3.42. The number of piperidine rings is 1. The summed E-state index contributed by atoms with van der Waals surface area (Å²) in [6, 6.07) is -0.678. The molecule has 2 aliphatic heterocycles. The zero-order valence-corrected chi connectivity index (χ0v) is 15.1. The van der Waals surface area contributed by atoms with Gasteiger partial charge >= 0.3 is 6.18 Å². The second-order valence-corrected chi connectivity index (χ2v) is 7.99. The number of aromatic nitrogens is 3. The van der Waals surface area contributed by atoms with Crippen LogP contribution in [0.5, 0.6) is 0 Å². The fourth-order valence-electron chi connectivity index (χ4n) is 3.89. The van der Waals surface area contributed by atoms with Gasteiger partial charge in [-0.1, -0.05) is 5.21 Å². The van der Waals surface area contributed by atoms with Crippen molar-refractivity contribution in [3.8, 4) is 0 Å². The Bertz CT molecular complexity index is 835. The van der Waals surface area contributed by atoms with Crippen LogP contribution in [0.25, 0.3) is 0 Å². The van der Waals surface area contributed by atoms with Crippen molar-refractivity contribution >= 4 is 11.3 Å². The molecule has 2 aliphatic rings. The lowest BCUT2D eigenvalue weighted by atomic mass is 9.79. The number of rotatable bonds is 2. The van der Waals surface area contributed by atoms with Crippen molar-refractivity contribution in [1.29, 1.82) is 0 Å². The molecule has 2 aromatic heterocycles. The average Bonchev–Trinajstić information content (AvgIpc) is 3.21. The molecule has 27 heavy (non-hydrogen) atoms. The van der Waals surface area contributed by atoms with Gasteiger partial charge in [-0.3, -0.25) is 4.68 Å². The van der Waals surface area contributed by atoms with Crippen LogP contribution in [0.15, 0.2) is 12.3 Å². The van der Waals surface area contributed by atoms with Gasteiger partial charge in [0.1, 0.15) is 10.5 Å². The highest BCUT2D eigenvalue weighted by atomic mass is 32.1. The van der Waals surface area contributed by atoms with Gasteiger partial charge in [0, 0.05) is 31.0 Å². The molecule has 0 aliphatic carbocycles. The topological polar surface area (TPSA) is 52.0 Å². The van der Waals surface area contributed by atoms with Crippen LogP contribution >= 0.6 is 11.3 Å². The van der Waals surface area contributed by atoms with E-state index in [4.69, 9.17) is 4.74 Å². The standard InChI is InChI=1S/C16H17F5N4OS/c1-25-7-11(23-24-25)9-5-15(6-10(22-9)14(17)18)13-8(2-3-26-15)4-12(27-13)16(19,20)21/h4,7,9-10,14,22H,2-3,5-6H2,1H3. The number of halogens is 5. The van der Waals surface area contributed by atoms with E-state index >= 15 is 0 Å². The van der Waals surface area contributed by atoms with Crippen LogP contribution in [0.3, 0.4) is 0 Å². The zero-order chi connectivity index (χ0) is 19.4. The molecule has 5 nitrogen and oxygen atoms in total. The molecule has 0 amide bonds. The van der Waals surface area contributed by atoms with E-state index in [0.717, 1.165) is 6.07 Å². The minimum absolute atomic E-state index is 0.0910. The Morgan fingerprint density at radius 2 is 2.15 bits per heavy atom. The number of nitrogens with one attached hydrogen (secondary N) is 1. The minimum atomic E-state index is -4.47. The number of nitrogens with zero attached hydrogens (tertiary/aromatic N) is 3. The zero-order valence-electron chi connectivity index (χ0n) is 14.3. The van der Waals surface area contributed by atoms with E-state index in [1.807, 2.05) is 0 Å². The van der Waals surface area contributed by atoms with Crippen molar-refractivity contribution in [1.82, 2.24) is 20.3 Å². The Kier molecular flexibility index (Phi) is 4.51. The first kappa shape index (κ1) is 18.8. The third-order valence-electron chi connectivity index (χ3n) is 5.03. The lowest BCUT2D eigenvalue weighted by Crippen LogP contribution is -2.53. The summed E-state index contributed by atoms with van der Waals surface area (Å²) >= 11 is 0.600. The maximum absolute atomic E-state index is 13.6. The molecule has 1 spiro atoms. The summed E-state index contributed by atoms with van der Waals surface area (Å²) in [7, 11) is 1.66. The van der Waals surface area contributed by atoms with Crippen LogP contribution < -0.4 is 5.32 Å². The number of thiophene rings is 1. The predicted molar refractivity (Wildman–Crippen MR) is 86.6 cm³/mol. The number of hydrogen-bond acceptors (Lipinski definition) is 5. The Morgan fingerprint density at radius 1 is 1.37 bits per heavy atom. The number of fused-ring (bicyclic) bond motifs is 2. The molecule has 2 aromatic rings. The van der Waals surface area contributed by atoms with Crippen molar-refractivity contribution in [3.05, 3.63) is 33.3 Å². The largest absolute Gasteiger partial charge is 0.425 e. The molecule has 0 aromatic carbocycles. The summed E-state index contributed by atoms with van der Waals surface area (Å²) in [6.45, 7) is 0.199. The van der Waals surface area contributed by atoms with Crippen LogP contribution in [0.1, 0.15) is 39.9 Å². The van der Waals surface area contributed by atoms with E-state index in [1.165, 1.54) is 4.68 Å². The summed E-state index contributed by atoms with van der Waals surface area (Å²) in [6.07, 6.45) is -5.07. The quantitative estimate of drug-likeness (QED) is 0.774.